The molecule has 1 heterocycles. The number of hydrogen-bond acceptors (Lipinski definition) is 3. The summed E-state index contributed by atoms with van der Waals surface area (Å²) in [6.45, 7) is 2.61. The van der Waals surface area contributed by atoms with Crippen LogP contribution in [0, 0.1) is 0 Å². The zero-order chi connectivity index (χ0) is 14.1. The fourth-order valence-corrected chi connectivity index (χ4v) is 2.84. The van der Waals surface area contributed by atoms with Crippen LogP contribution in [0.4, 0.5) is 0 Å². The van der Waals surface area contributed by atoms with Crippen LogP contribution in [0.25, 0.3) is 0 Å². The summed E-state index contributed by atoms with van der Waals surface area (Å²) >= 11 is 0. The van der Waals surface area contributed by atoms with Gasteiger partial charge in [-0.15, -0.1) is 0 Å². The SMILES string of the molecule is CCn1ncc(OC)c1C(=O)c1ccc2c(c1)CCC2. The number of ketones is 1. The summed E-state index contributed by atoms with van der Waals surface area (Å²) < 4.78 is 6.95. The highest BCUT2D eigenvalue weighted by Gasteiger charge is 2.22. The van der Waals surface area contributed by atoms with Crippen LogP contribution in [0.2, 0.25) is 0 Å². The molecule has 1 aromatic carbocycles. The van der Waals surface area contributed by atoms with E-state index in [4.69, 9.17) is 4.74 Å². The number of fused-ring (bicyclic) bond motifs is 1. The van der Waals surface area contributed by atoms with E-state index in [0.29, 0.717) is 18.0 Å². The number of aryl methyl sites for hydroxylation is 3. The molecule has 2 aromatic rings. The highest BCUT2D eigenvalue weighted by Crippen LogP contribution is 2.26. The number of benzene rings is 1. The molecule has 0 amide bonds. The van der Waals surface area contributed by atoms with Crippen molar-refractivity contribution in [2.24, 2.45) is 0 Å². The second kappa shape index (κ2) is 5.12. The Morgan fingerprint density at radius 3 is 2.90 bits per heavy atom. The molecular formula is C16H18N2O2. The maximum atomic E-state index is 12.7. The Kier molecular flexibility index (Phi) is 3.30. The molecule has 3 rings (SSSR count). The molecule has 1 aliphatic carbocycles. The molecule has 4 heteroatoms. The Morgan fingerprint density at radius 1 is 1.35 bits per heavy atom. The lowest BCUT2D eigenvalue weighted by Crippen LogP contribution is -2.12. The van der Waals surface area contributed by atoms with E-state index in [9.17, 15) is 4.79 Å². The number of methoxy groups -OCH3 is 1. The van der Waals surface area contributed by atoms with Crippen molar-refractivity contribution in [2.75, 3.05) is 7.11 Å². The van der Waals surface area contributed by atoms with Crippen molar-refractivity contribution < 1.29 is 9.53 Å². The van der Waals surface area contributed by atoms with Crippen molar-refractivity contribution in [1.82, 2.24) is 9.78 Å². The summed E-state index contributed by atoms with van der Waals surface area (Å²) in [5, 5.41) is 4.20. The summed E-state index contributed by atoms with van der Waals surface area (Å²) in [6, 6.07) is 6.02. The van der Waals surface area contributed by atoms with Gasteiger partial charge in [-0.25, -0.2) is 0 Å². The van der Waals surface area contributed by atoms with Gasteiger partial charge in [0.1, 0.15) is 0 Å². The molecule has 0 radical (unpaired) electrons. The van der Waals surface area contributed by atoms with Gasteiger partial charge in [0.25, 0.3) is 0 Å². The van der Waals surface area contributed by atoms with Crippen LogP contribution in [0.5, 0.6) is 5.75 Å². The molecule has 1 aromatic heterocycles. The predicted octanol–water partition coefficient (Wildman–Crippen LogP) is 2.63. The molecule has 0 bridgehead atoms. The third-order valence-electron chi connectivity index (χ3n) is 3.90. The number of aromatic nitrogens is 2. The van der Waals surface area contributed by atoms with Gasteiger partial charge >= 0.3 is 0 Å². The number of carbonyl (C=O) groups is 1. The summed E-state index contributed by atoms with van der Waals surface area (Å²) in [7, 11) is 1.57. The van der Waals surface area contributed by atoms with Crippen molar-refractivity contribution in [2.45, 2.75) is 32.7 Å². The first kappa shape index (κ1) is 12.9. The lowest BCUT2D eigenvalue weighted by molar-refractivity contribution is 0.102. The van der Waals surface area contributed by atoms with E-state index in [0.717, 1.165) is 18.4 Å². The lowest BCUT2D eigenvalue weighted by atomic mass is 10.0. The van der Waals surface area contributed by atoms with Crippen molar-refractivity contribution in [1.29, 1.82) is 0 Å². The van der Waals surface area contributed by atoms with Crippen LogP contribution in [-0.4, -0.2) is 22.7 Å². The van der Waals surface area contributed by atoms with E-state index < -0.39 is 0 Å². The van der Waals surface area contributed by atoms with Crippen LogP contribution in [0.1, 0.15) is 40.5 Å². The van der Waals surface area contributed by atoms with Crippen LogP contribution >= 0.6 is 0 Å². The average molecular weight is 270 g/mol. The molecule has 0 unspecified atom stereocenters. The maximum absolute atomic E-state index is 12.7. The number of hydrogen-bond donors (Lipinski definition) is 0. The van der Waals surface area contributed by atoms with E-state index in [1.807, 2.05) is 19.1 Å². The number of ether oxygens (including phenoxy) is 1. The van der Waals surface area contributed by atoms with Crippen molar-refractivity contribution in [3.63, 3.8) is 0 Å². The maximum Gasteiger partial charge on any atom is 0.214 e. The fourth-order valence-electron chi connectivity index (χ4n) is 2.84. The molecule has 0 saturated carbocycles. The van der Waals surface area contributed by atoms with Crippen LogP contribution < -0.4 is 4.74 Å². The summed E-state index contributed by atoms with van der Waals surface area (Å²) in [6.07, 6.45) is 4.98. The quantitative estimate of drug-likeness (QED) is 0.802. The molecular weight excluding hydrogens is 252 g/mol. The topological polar surface area (TPSA) is 44.1 Å². The first-order valence-electron chi connectivity index (χ1n) is 7.01. The Labute approximate surface area is 118 Å². The van der Waals surface area contributed by atoms with Gasteiger partial charge < -0.3 is 4.74 Å². The van der Waals surface area contributed by atoms with Gasteiger partial charge in [0.15, 0.2) is 11.4 Å². The van der Waals surface area contributed by atoms with Gasteiger partial charge in [-0.2, -0.15) is 5.10 Å². The van der Waals surface area contributed by atoms with Crippen molar-refractivity contribution >= 4 is 5.78 Å². The molecule has 104 valence electrons. The minimum atomic E-state index is -0.0177. The normalized spacial score (nSPS) is 13.3. The molecule has 0 N–H and O–H groups in total. The summed E-state index contributed by atoms with van der Waals surface area (Å²) in [4.78, 5) is 12.7. The number of nitrogens with zero attached hydrogens (tertiary/aromatic N) is 2. The van der Waals surface area contributed by atoms with Crippen molar-refractivity contribution in [3.05, 3.63) is 46.8 Å². The van der Waals surface area contributed by atoms with E-state index in [-0.39, 0.29) is 5.78 Å². The standard InChI is InChI=1S/C16H18N2O2/c1-3-18-15(14(20-2)10-17-18)16(19)13-8-7-11-5-4-6-12(11)9-13/h7-10H,3-6H2,1-2H3. The van der Waals surface area contributed by atoms with Gasteiger partial charge in [-0.1, -0.05) is 12.1 Å². The Bertz CT molecular complexity index is 637. The van der Waals surface area contributed by atoms with Crippen LogP contribution in [0.3, 0.4) is 0 Å². The molecule has 0 fully saturated rings. The van der Waals surface area contributed by atoms with Gasteiger partial charge in [0.2, 0.25) is 5.78 Å². The summed E-state index contributed by atoms with van der Waals surface area (Å²) in [5.41, 5.74) is 3.93. The Balaban J connectivity index is 2.02. The second-order valence-electron chi connectivity index (χ2n) is 5.04. The van der Waals surface area contributed by atoms with Gasteiger partial charge in [0.05, 0.1) is 13.3 Å². The fraction of sp³-hybridized carbons (Fsp3) is 0.375. The third-order valence-corrected chi connectivity index (χ3v) is 3.90. The lowest BCUT2D eigenvalue weighted by Gasteiger charge is -2.08. The smallest absolute Gasteiger partial charge is 0.214 e. The number of carbonyl (C=O) groups excluding carboxylic acids is 1. The minimum Gasteiger partial charge on any atom is -0.493 e. The predicted molar refractivity (Wildman–Crippen MR) is 76.4 cm³/mol. The van der Waals surface area contributed by atoms with Crippen molar-refractivity contribution in [3.8, 4) is 5.75 Å². The molecule has 1 aliphatic rings. The molecule has 0 aliphatic heterocycles. The van der Waals surface area contributed by atoms with Gasteiger partial charge in [0, 0.05) is 12.1 Å². The second-order valence-corrected chi connectivity index (χ2v) is 5.04. The zero-order valence-corrected chi connectivity index (χ0v) is 11.8. The summed E-state index contributed by atoms with van der Waals surface area (Å²) in [5.74, 6) is 0.522. The Morgan fingerprint density at radius 2 is 2.15 bits per heavy atom. The number of rotatable bonds is 4. The molecule has 0 spiro atoms. The molecule has 0 saturated heterocycles. The first-order chi connectivity index (χ1) is 9.74. The van der Waals surface area contributed by atoms with Crippen LogP contribution in [0.15, 0.2) is 24.4 Å². The monoisotopic (exact) mass is 270 g/mol. The zero-order valence-electron chi connectivity index (χ0n) is 11.8. The third kappa shape index (κ3) is 2.01. The first-order valence-corrected chi connectivity index (χ1v) is 7.01. The largest absolute Gasteiger partial charge is 0.493 e. The van der Waals surface area contributed by atoms with E-state index >= 15 is 0 Å². The van der Waals surface area contributed by atoms with E-state index in [2.05, 4.69) is 11.2 Å². The molecule has 20 heavy (non-hydrogen) atoms. The van der Waals surface area contributed by atoms with E-state index in [1.165, 1.54) is 17.5 Å². The molecule has 4 nitrogen and oxygen atoms in total. The van der Waals surface area contributed by atoms with Gasteiger partial charge in [-0.3, -0.25) is 9.48 Å². The minimum absolute atomic E-state index is 0.0177. The van der Waals surface area contributed by atoms with Crippen LogP contribution in [-0.2, 0) is 19.4 Å². The Hall–Kier alpha value is -2.10. The average Bonchev–Trinajstić information content (AvgIpc) is 3.11. The highest BCUT2D eigenvalue weighted by atomic mass is 16.5. The molecule has 0 atom stereocenters. The van der Waals surface area contributed by atoms with E-state index in [1.54, 1.807) is 18.0 Å². The van der Waals surface area contributed by atoms with Gasteiger partial charge in [-0.05, 0) is 43.4 Å². The highest BCUT2D eigenvalue weighted by molar-refractivity contribution is 6.09.